The number of nitrogens with zero attached hydrogens (tertiary/aromatic N) is 1. The normalized spacial score (nSPS) is 10.7. The summed E-state index contributed by atoms with van der Waals surface area (Å²) in [6.07, 6.45) is 0. The maximum Gasteiger partial charge on any atom is 0.267 e. The first-order valence-electron chi connectivity index (χ1n) is 7.48. The number of para-hydroxylation sites is 3. The molecule has 0 radical (unpaired) electrons. The molecule has 1 aromatic heterocycles. The number of hydrogen-bond acceptors (Lipinski definition) is 4. The van der Waals surface area contributed by atoms with Crippen LogP contribution in [0.2, 0.25) is 0 Å². The Bertz CT molecular complexity index is 992. The Morgan fingerprint density at radius 2 is 1.75 bits per heavy atom. The van der Waals surface area contributed by atoms with Crippen LogP contribution in [0.25, 0.3) is 10.9 Å². The van der Waals surface area contributed by atoms with Crippen LogP contribution in [-0.2, 0) is 6.54 Å². The zero-order valence-electron chi connectivity index (χ0n) is 13.0. The summed E-state index contributed by atoms with van der Waals surface area (Å²) in [5.74, 6) is -1.26. The number of benzene rings is 2. The van der Waals surface area contributed by atoms with Crippen LogP contribution in [-0.4, -0.2) is 20.7 Å². The molecule has 0 saturated heterocycles. The van der Waals surface area contributed by atoms with Crippen LogP contribution in [0.5, 0.6) is 11.5 Å². The standard InChI is InChI=1S/C18H16N2O4/c1-2-20-13-9-5-3-7-11(13)16(22)15(18(20)24)17(23)19-12-8-4-6-10-14(12)21/h3-10,21-22H,2H2,1H3,(H,19,23). The summed E-state index contributed by atoms with van der Waals surface area (Å²) >= 11 is 0. The van der Waals surface area contributed by atoms with Crippen LogP contribution in [0, 0.1) is 0 Å². The first-order chi connectivity index (χ1) is 11.5. The minimum absolute atomic E-state index is 0.123. The van der Waals surface area contributed by atoms with Crippen molar-refractivity contribution in [1.29, 1.82) is 0 Å². The van der Waals surface area contributed by atoms with E-state index in [-0.39, 0.29) is 22.7 Å². The second-order valence-corrected chi connectivity index (χ2v) is 5.26. The number of hydrogen-bond donors (Lipinski definition) is 3. The Labute approximate surface area is 137 Å². The van der Waals surface area contributed by atoms with Crippen molar-refractivity contribution in [3.63, 3.8) is 0 Å². The predicted octanol–water partition coefficient (Wildman–Crippen LogP) is 2.68. The minimum Gasteiger partial charge on any atom is -0.506 e. The fraction of sp³-hybridized carbons (Fsp3) is 0.111. The zero-order chi connectivity index (χ0) is 17.3. The molecule has 0 bridgehead atoms. The van der Waals surface area contributed by atoms with E-state index in [9.17, 15) is 19.8 Å². The number of fused-ring (bicyclic) bond motifs is 1. The SMILES string of the molecule is CCn1c(=O)c(C(=O)Nc2ccccc2O)c(O)c2ccccc21. The van der Waals surface area contributed by atoms with Crippen molar-refractivity contribution in [2.75, 3.05) is 5.32 Å². The predicted molar refractivity (Wildman–Crippen MR) is 91.6 cm³/mol. The largest absolute Gasteiger partial charge is 0.506 e. The van der Waals surface area contributed by atoms with Crippen molar-refractivity contribution >= 4 is 22.5 Å². The third-order valence-electron chi connectivity index (χ3n) is 3.84. The van der Waals surface area contributed by atoms with Crippen LogP contribution in [0.1, 0.15) is 17.3 Å². The van der Waals surface area contributed by atoms with Gasteiger partial charge in [0.1, 0.15) is 17.1 Å². The summed E-state index contributed by atoms with van der Waals surface area (Å²) in [7, 11) is 0. The maximum atomic E-state index is 12.6. The Balaban J connectivity index is 2.17. The van der Waals surface area contributed by atoms with Crippen LogP contribution >= 0.6 is 0 Å². The molecule has 2 aromatic carbocycles. The molecule has 3 N–H and O–H groups in total. The van der Waals surface area contributed by atoms with Crippen molar-refractivity contribution in [2.24, 2.45) is 0 Å². The van der Waals surface area contributed by atoms with E-state index < -0.39 is 11.5 Å². The molecule has 0 aliphatic heterocycles. The molecular weight excluding hydrogens is 308 g/mol. The molecule has 3 aromatic rings. The first kappa shape index (κ1) is 15.6. The van der Waals surface area contributed by atoms with Gasteiger partial charge in [0.25, 0.3) is 11.5 Å². The monoisotopic (exact) mass is 324 g/mol. The third-order valence-corrected chi connectivity index (χ3v) is 3.84. The molecule has 0 fully saturated rings. The summed E-state index contributed by atoms with van der Waals surface area (Å²) in [5.41, 5.74) is -0.209. The second-order valence-electron chi connectivity index (χ2n) is 5.26. The molecule has 0 aliphatic carbocycles. The lowest BCUT2D eigenvalue weighted by Crippen LogP contribution is -2.29. The Morgan fingerprint density at radius 1 is 1.08 bits per heavy atom. The highest BCUT2D eigenvalue weighted by Crippen LogP contribution is 2.28. The van der Waals surface area contributed by atoms with Gasteiger partial charge in [-0.3, -0.25) is 9.59 Å². The molecule has 6 heteroatoms. The molecule has 0 aliphatic rings. The van der Waals surface area contributed by atoms with Crippen LogP contribution in [0.3, 0.4) is 0 Å². The number of aromatic nitrogens is 1. The van der Waals surface area contributed by atoms with Crippen molar-refractivity contribution in [1.82, 2.24) is 4.57 Å². The summed E-state index contributed by atoms with van der Waals surface area (Å²) in [6, 6.07) is 13.0. The summed E-state index contributed by atoms with van der Waals surface area (Å²) in [6.45, 7) is 2.14. The fourth-order valence-electron chi connectivity index (χ4n) is 2.67. The van der Waals surface area contributed by atoms with Crippen LogP contribution < -0.4 is 10.9 Å². The molecule has 24 heavy (non-hydrogen) atoms. The number of pyridine rings is 1. The number of carbonyl (C=O) groups is 1. The van der Waals surface area contributed by atoms with E-state index in [0.717, 1.165) is 0 Å². The van der Waals surface area contributed by atoms with Gasteiger partial charge >= 0.3 is 0 Å². The topological polar surface area (TPSA) is 91.6 Å². The van der Waals surface area contributed by atoms with Crippen molar-refractivity contribution in [2.45, 2.75) is 13.5 Å². The van der Waals surface area contributed by atoms with E-state index >= 15 is 0 Å². The van der Waals surface area contributed by atoms with Gasteiger partial charge in [0, 0.05) is 11.9 Å². The molecule has 122 valence electrons. The van der Waals surface area contributed by atoms with Crippen molar-refractivity contribution < 1.29 is 15.0 Å². The van der Waals surface area contributed by atoms with E-state index in [0.29, 0.717) is 17.4 Å². The molecule has 0 atom stereocenters. The zero-order valence-corrected chi connectivity index (χ0v) is 13.0. The number of amides is 1. The molecule has 1 heterocycles. The Kier molecular flexibility index (Phi) is 3.95. The van der Waals surface area contributed by atoms with Gasteiger partial charge < -0.3 is 20.1 Å². The highest BCUT2D eigenvalue weighted by Gasteiger charge is 2.22. The van der Waals surface area contributed by atoms with Crippen molar-refractivity contribution in [3.05, 3.63) is 64.4 Å². The quantitative estimate of drug-likeness (QED) is 0.646. The van der Waals surface area contributed by atoms with Gasteiger partial charge in [-0.15, -0.1) is 0 Å². The van der Waals surface area contributed by atoms with Gasteiger partial charge in [-0.2, -0.15) is 0 Å². The van der Waals surface area contributed by atoms with Gasteiger partial charge in [0.05, 0.1) is 11.2 Å². The van der Waals surface area contributed by atoms with E-state index in [2.05, 4.69) is 5.32 Å². The van der Waals surface area contributed by atoms with Gasteiger partial charge in [0.15, 0.2) is 0 Å². The minimum atomic E-state index is -0.771. The number of phenols is 1. The van der Waals surface area contributed by atoms with Crippen LogP contribution in [0.15, 0.2) is 53.3 Å². The molecule has 0 saturated carbocycles. The molecule has 0 spiro atoms. The fourth-order valence-corrected chi connectivity index (χ4v) is 2.67. The lowest BCUT2D eigenvalue weighted by atomic mass is 10.1. The van der Waals surface area contributed by atoms with Gasteiger partial charge in [-0.1, -0.05) is 24.3 Å². The smallest absolute Gasteiger partial charge is 0.267 e. The first-order valence-corrected chi connectivity index (χ1v) is 7.48. The molecule has 0 unspecified atom stereocenters. The average molecular weight is 324 g/mol. The number of nitrogens with one attached hydrogen (secondary N) is 1. The summed E-state index contributed by atoms with van der Waals surface area (Å²) < 4.78 is 1.43. The lowest BCUT2D eigenvalue weighted by Gasteiger charge is -2.14. The Morgan fingerprint density at radius 3 is 2.46 bits per heavy atom. The number of carbonyl (C=O) groups excluding carboxylic acids is 1. The van der Waals surface area contributed by atoms with E-state index in [4.69, 9.17) is 0 Å². The number of aromatic hydroxyl groups is 2. The molecule has 1 amide bonds. The highest BCUT2D eigenvalue weighted by molar-refractivity contribution is 6.09. The van der Waals surface area contributed by atoms with Gasteiger partial charge in [0.2, 0.25) is 0 Å². The number of phenolic OH excluding ortho intramolecular Hbond substituents is 1. The molecule has 3 rings (SSSR count). The molecule has 6 nitrogen and oxygen atoms in total. The number of rotatable bonds is 3. The number of anilines is 1. The van der Waals surface area contributed by atoms with Gasteiger partial charge in [-0.05, 0) is 31.2 Å². The van der Waals surface area contributed by atoms with Crippen molar-refractivity contribution in [3.8, 4) is 11.5 Å². The lowest BCUT2D eigenvalue weighted by molar-refractivity contribution is 0.102. The molecular formula is C18H16N2O4. The third kappa shape index (κ3) is 2.48. The summed E-state index contributed by atoms with van der Waals surface area (Å²) in [5, 5.41) is 23.1. The maximum absolute atomic E-state index is 12.6. The van der Waals surface area contributed by atoms with Gasteiger partial charge in [-0.25, -0.2) is 0 Å². The second kappa shape index (κ2) is 6.08. The van der Waals surface area contributed by atoms with E-state index in [1.54, 1.807) is 43.3 Å². The number of aryl methyl sites for hydroxylation is 1. The Hall–Kier alpha value is -3.28. The van der Waals surface area contributed by atoms with E-state index in [1.165, 1.54) is 16.7 Å². The highest BCUT2D eigenvalue weighted by atomic mass is 16.3. The van der Waals surface area contributed by atoms with Crippen LogP contribution in [0.4, 0.5) is 5.69 Å². The van der Waals surface area contributed by atoms with E-state index in [1.807, 2.05) is 0 Å². The average Bonchev–Trinajstić information content (AvgIpc) is 2.57. The summed E-state index contributed by atoms with van der Waals surface area (Å²) in [4.78, 5) is 25.2.